The Morgan fingerprint density at radius 3 is 2.67 bits per heavy atom. The fraction of sp³-hybridized carbons (Fsp3) is 0.227. The molecule has 0 aliphatic carbocycles. The molecule has 1 atom stereocenters. The molecule has 0 spiro atoms. The van der Waals surface area contributed by atoms with Crippen LogP contribution in [0.3, 0.4) is 0 Å². The van der Waals surface area contributed by atoms with Crippen LogP contribution in [0.2, 0.25) is 0 Å². The normalized spacial score (nSPS) is 13.4. The van der Waals surface area contributed by atoms with Crippen LogP contribution in [0.5, 0.6) is 11.5 Å². The Morgan fingerprint density at radius 1 is 1.04 bits per heavy atom. The molecule has 5 heteroatoms. The lowest BCUT2D eigenvalue weighted by atomic mass is 10.1. The van der Waals surface area contributed by atoms with Gasteiger partial charge < -0.3 is 19.7 Å². The van der Waals surface area contributed by atoms with Gasteiger partial charge in [0.25, 0.3) is 0 Å². The van der Waals surface area contributed by atoms with Crippen LogP contribution in [0, 0.1) is 0 Å². The maximum atomic E-state index is 12.5. The van der Waals surface area contributed by atoms with Gasteiger partial charge in [0.1, 0.15) is 0 Å². The zero-order chi connectivity index (χ0) is 18.8. The molecular formula is C22H22N2O3. The average molecular weight is 362 g/mol. The third kappa shape index (κ3) is 3.67. The summed E-state index contributed by atoms with van der Waals surface area (Å²) in [5.74, 6) is 1.44. The number of fused-ring (bicyclic) bond motifs is 2. The van der Waals surface area contributed by atoms with Gasteiger partial charge in [-0.2, -0.15) is 0 Å². The monoisotopic (exact) mass is 362 g/mol. The minimum absolute atomic E-state index is 0.0316. The predicted molar refractivity (Wildman–Crippen MR) is 106 cm³/mol. The van der Waals surface area contributed by atoms with E-state index < -0.39 is 0 Å². The summed E-state index contributed by atoms with van der Waals surface area (Å²) >= 11 is 0. The van der Waals surface area contributed by atoms with E-state index >= 15 is 0 Å². The lowest BCUT2D eigenvalue weighted by Crippen LogP contribution is -2.36. The molecule has 3 aromatic rings. The van der Waals surface area contributed by atoms with Gasteiger partial charge in [0.05, 0.1) is 12.6 Å². The average Bonchev–Trinajstić information content (AvgIpc) is 3.15. The Morgan fingerprint density at radius 2 is 1.81 bits per heavy atom. The number of nitrogens with one attached hydrogen (secondary N) is 1. The van der Waals surface area contributed by atoms with Crippen LogP contribution in [0.25, 0.3) is 10.8 Å². The predicted octanol–water partition coefficient (Wildman–Crippen LogP) is 3.88. The molecule has 4 rings (SSSR count). The van der Waals surface area contributed by atoms with Crippen LogP contribution >= 0.6 is 0 Å². The van der Waals surface area contributed by atoms with Gasteiger partial charge in [0, 0.05) is 12.7 Å². The molecule has 0 bridgehead atoms. The van der Waals surface area contributed by atoms with E-state index in [1.165, 1.54) is 5.39 Å². The summed E-state index contributed by atoms with van der Waals surface area (Å²) in [7, 11) is 1.93. The molecular weight excluding hydrogens is 340 g/mol. The van der Waals surface area contributed by atoms with E-state index in [1.54, 1.807) is 0 Å². The first-order valence-corrected chi connectivity index (χ1v) is 8.99. The van der Waals surface area contributed by atoms with Crippen LogP contribution in [-0.2, 0) is 4.79 Å². The molecule has 0 saturated heterocycles. The molecule has 27 heavy (non-hydrogen) atoms. The van der Waals surface area contributed by atoms with Crippen LogP contribution < -0.4 is 19.7 Å². The molecule has 1 aliphatic rings. The molecule has 0 saturated carbocycles. The van der Waals surface area contributed by atoms with Crippen LogP contribution in [0.4, 0.5) is 5.69 Å². The van der Waals surface area contributed by atoms with Crippen LogP contribution in [0.1, 0.15) is 18.5 Å². The zero-order valence-electron chi connectivity index (χ0n) is 15.4. The fourth-order valence-corrected chi connectivity index (χ4v) is 3.27. The zero-order valence-corrected chi connectivity index (χ0v) is 15.4. The van der Waals surface area contributed by atoms with Crippen molar-refractivity contribution >= 4 is 22.4 Å². The van der Waals surface area contributed by atoms with Crippen molar-refractivity contribution < 1.29 is 14.3 Å². The highest BCUT2D eigenvalue weighted by Gasteiger charge is 2.17. The van der Waals surface area contributed by atoms with Crippen molar-refractivity contribution in [2.24, 2.45) is 0 Å². The second kappa shape index (κ2) is 7.19. The number of carbonyl (C=O) groups excluding carboxylic acids is 1. The Hall–Kier alpha value is -3.21. The number of ether oxygens (including phenoxy) is 2. The molecule has 0 radical (unpaired) electrons. The molecule has 0 aromatic heterocycles. The van der Waals surface area contributed by atoms with E-state index in [2.05, 4.69) is 29.6 Å². The van der Waals surface area contributed by atoms with Gasteiger partial charge >= 0.3 is 0 Å². The number of anilines is 1. The number of likely N-dealkylation sites (N-methyl/N-ethyl adjacent to an activating group) is 1. The van der Waals surface area contributed by atoms with Crippen molar-refractivity contribution in [2.75, 3.05) is 25.3 Å². The first-order valence-electron chi connectivity index (χ1n) is 8.99. The van der Waals surface area contributed by atoms with Gasteiger partial charge in [-0.3, -0.25) is 4.79 Å². The molecule has 1 aliphatic heterocycles. The molecule has 1 N–H and O–H groups in total. The standard InChI is InChI=1S/C22H22N2O3/c1-15(17-8-10-20-21(12-17)27-14-26-20)23-22(25)13-24(2)19-9-7-16-5-3-4-6-18(16)11-19/h3-12,15H,13-14H2,1-2H3,(H,23,25)/t15-/m0/s1. The number of nitrogens with zero attached hydrogens (tertiary/aromatic N) is 1. The SMILES string of the molecule is C[C@H](NC(=O)CN(C)c1ccc2ccccc2c1)c1ccc2c(c1)OCO2. The lowest BCUT2D eigenvalue weighted by molar-refractivity contribution is -0.120. The Kier molecular flexibility index (Phi) is 4.59. The Labute approximate surface area is 158 Å². The van der Waals surface area contributed by atoms with E-state index in [-0.39, 0.29) is 25.3 Å². The van der Waals surface area contributed by atoms with Crippen LogP contribution in [-0.4, -0.2) is 26.3 Å². The summed E-state index contributed by atoms with van der Waals surface area (Å²) in [4.78, 5) is 14.5. The summed E-state index contributed by atoms with van der Waals surface area (Å²) in [5.41, 5.74) is 2.00. The van der Waals surface area contributed by atoms with E-state index in [1.807, 2.05) is 55.3 Å². The quantitative estimate of drug-likeness (QED) is 0.748. The molecule has 3 aromatic carbocycles. The summed E-state index contributed by atoms with van der Waals surface area (Å²) in [6.07, 6.45) is 0. The minimum atomic E-state index is -0.114. The second-order valence-corrected chi connectivity index (χ2v) is 6.79. The van der Waals surface area contributed by atoms with Crippen molar-refractivity contribution in [3.8, 4) is 11.5 Å². The van der Waals surface area contributed by atoms with Crippen molar-refractivity contribution in [3.05, 3.63) is 66.2 Å². The van der Waals surface area contributed by atoms with Gasteiger partial charge in [0.15, 0.2) is 11.5 Å². The largest absolute Gasteiger partial charge is 0.454 e. The van der Waals surface area contributed by atoms with E-state index in [4.69, 9.17) is 9.47 Å². The molecule has 0 unspecified atom stereocenters. The summed E-state index contributed by atoms with van der Waals surface area (Å²) < 4.78 is 10.7. The smallest absolute Gasteiger partial charge is 0.239 e. The topological polar surface area (TPSA) is 50.8 Å². The van der Waals surface area contributed by atoms with Crippen molar-refractivity contribution in [2.45, 2.75) is 13.0 Å². The van der Waals surface area contributed by atoms with E-state index in [0.717, 1.165) is 28.1 Å². The van der Waals surface area contributed by atoms with Crippen molar-refractivity contribution in [1.29, 1.82) is 0 Å². The third-order valence-corrected chi connectivity index (χ3v) is 4.83. The van der Waals surface area contributed by atoms with Gasteiger partial charge in [-0.15, -0.1) is 0 Å². The van der Waals surface area contributed by atoms with E-state index in [0.29, 0.717) is 0 Å². The van der Waals surface area contributed by atoms with Gasteiger partial charge in [-0.1, -0.05) is 36.4 Å². The van der Waals surface area contributed by atoms with Gasteiger partial charge in [0.2, 0.25) is 12.7 Å². The number of rotatable bonds is 5. The third-order valence-electron chi connectivity index (χ3n) is 4.83. The summed E-state index contributed by atoms with van der Waals surface area (Å²) in [5, 5.41) is 5.40. The number of amides is 1. The van der Waals surface area contributed by atoms with Crippen LogP contribution in [0.15, 0.2) is 60.7 Å². The maximum absolute atomic E-state index is 12.5. The van der Waals surface area contributed by atoms with Gasteiger partial charge in [-0.05, 0) is 47.5 Å². The fourth-order valence-electron chi connectivity index (χ4n) is 3.27. The first kappa shape index (κ1) is 17.2. The minimum Gasteiger partial charge on any atom is -0.454 e. The Balaban J connectivity index is 1.40. The molecule has 0 fully saturated rings. The number of carbonyl (C=O) groups is 1. The number of hydrogen-bond donors (Lipinski definition) is 1. The highest BCUT2D eigenvalue weighted by atomic mass is 16.7. The second-order valence-electron chi connectivity index (χ2n) is 6.79. The molecule has 1 heterocycles. The number of hydrogen-bond acceptors (Lipinski definition) is 4. The lowest BCUT2D eigenvalue weighted by Gasteiger charge is -2.21. The highest BCUT2D eigenvalue weighted by Crippen LogP contribution is 2.34. The summed E-state index contributed by atoms with van der Waals surface area (Å²) in [6.45, 7) is 2.49. The molecule has 5 nitrogen and oxygen atoms in total. The molecule has 1 amide bonds. The maximum Gasteiger partial charge on any atom is 0.239 e. The highest BCUT2D eigenvalue weighted by molar-refractivity contribution is 5.87. The number of benzene rings is 3. The van der Waals surface area contributed by atoms with Gasteiger partial charge in [-0.25, -0.2) is 0 Å². The molecule has 138 valence electrons. The van der Waals surface area contributed by atoms with E-state index in [9.17, 15) is 4.79 Å². The summed E-state index contributed by atoms with van der Waals surface area (Å²) in [6, 6.07) is 20.1. The van der Waals surface area contributed by atoms with Crippen molar-refractivity contribution in [3.63, 3.8) is 0 Å². The van der Waals surface area contributed by atoms with Crippen molar-refractivity contribution in [1.82, 2.24) is 5.32 Å². The first-order chi connectivity index (χ1) is 13.1. The Bertz CT molecular complexity index is 986.